The van der Waals surface area contributed by atoms with E-state index in [4.69, 9.17) is 0 Å². The van der Waals surface area contributed by atoms with Gasteiger partial charge in [0, 0.05) is 22.3 Å². The van der Waals surface area contributed by atoms with Crippen LogP contribution in [0, 0.1) is 0 Å². The molecule has 1 aliphatic carbocycles. The van der Waals surface area contributed by atoms with Crippen LogP contribution in [0.15, 0.2) is 0 Å². The molecule has 0 atom stereocenters. The largest absolute Gasteiger partial charge is 0.245 e. The number of hydrogen-bond acceptors (Lipinski definition) is 4. The maximum atomic E-state index is 4.68. The summed E-state index contributed by atoms with van der Waals surface area (Å²) in [4.78, 5) is 6.08. The Morgan fingerprint density at radius 2 is 2.38 bits per heavy atom. The second-order valence-electron chi connectivity index (χ2n) is 3.28. The number of thiazole rings is 1. The quantitative estimate of drug-likeness (QED) is 0.798. The van der Waals surface area contributed by atoms with E-state index in [9.17, 15) is 0 Å². The topological polar surface area (TPSA) is 12.9 Å². The van der Waals surface area contributed by atoms with E-state index in [0.717, 1.165) is 17.4 Å². The predicted molar refractivity (Wildman–Crippen MR) is 64.0 cm³/mol. The Balaban J connectivity index is 2.20. The number of aromatic nitrogens is 1. The Morgan fingerprint density at radius 1 is 1.62 bits per heavy atom. The van der Waals surface area contributed by atoms with Gasteiger partial charge in [0.2, 0.25) is 0 Å². The molecule has 1 aromatic rings. The fraction of sp³-hybridized carbons (Fsp3) is 0.667. The summed E-state index contributed by atoms with van der Waals surface area (Å²) < 4.78 is 0. The van der Waals surface area contributed by atoms with Crippen molar-refractivity contribution in [2.75, 3.05) is 6.26 Å². The molecule has 0 aliphatic heterocycles. The highest BCUT2D eigenvalue weighted by Gasteiger charge is 2.28. The average molecular weight is 231 g/mol. The lowest BCUT2D eigenvalue weighted by Gasteiger charge is -1.92. The lowest BCUT2D eigenvalue weighted by molar-refractivity contribution is 1.01. The molecule has 0 radical (unpaired) electrons. The van der Waals surface area contributed by atoms with Crippen LogP contribution in [0.25, 0.3) is 0 Å². The molecule has 4 heteroatoms. The van der Waals surface area contributed by atoms with Crippen molar-refractivity contribution in [3.05, 3.63) is 15.6 Å². The van der Waals surface area contributed by atoms with Crippen LogP contribution < -0.4 is 0 Å². The first-order valence-corrected chi connectivity index (χ1v) is 7.27. The zero-order chi connectivity index (χ0) is 9.26. The minimum atomic E-state index is 0.772. The highest BCUT2D eigenvalue weighted by Crippen LogP contribution is 2.43. The fourth-order valence-corrected chi connectivity index (χ4v) is 3.45. The summed E-state index contributed by atoms with van der Waals surface area (Å²) in [6.45, 7) is 0. The second-order valence-corrected chi connectivity index (χ2v) is 5.63. The van der Waals surface area contributed by atoms with Crippen molar-refractivity contribution in [3.63, 3.8) is 0 Å². The molecule has 1 aliphatic rings. The minimum absolute atomic E-state index is 0.772. The first-order valence-electron chi connectivity index (χ1n) is 4.43. The summed E-state index contributed by atoms with van der Waals surface area (Å²) in [5, 5.41) is 1.28. The molecular formula is C9H13NS3. The summed E-state index contributed by atoms with van der Waals surface area (Å²) >= 11 is 8.03. The molecule has 0 N–H and O–H groups in total. The zero-order valence-corrected chi connectivity index (χ0v) is 10.1. The van der Waals surface area contributed by atoms with Crippen molar-refractivity contribution in [1.82, 2.24) is 4.98 Å². The van der Waals surface area contributed by atoms with E-state index in [2.05, 4.69) is 23.9 Å². The molecule has 0 bridgehead atoms. The SMILES string of the molecule is CSCc1nc(C2CC2)c(CS)s1. The minimum Gasteiger partial charge on any atom is -0.245 e. The standard InChI is InChI=1S/C9H13NS3/c1-12-5-8-10-9(6-2-3-6)7(4-11)13-8/h6,11H,2-5H2,1H3. The number of hydrogen-bond donors (Lipinski definition) is 1. The lowest BCUT2D eigenvalue weighted by Crippen LogP contribution is -1.85. The number of thioether (sulfide) groups is 1. The van der Waals surface area contributed by atoms with Gasteiger partial charge in [0.1, 0.15) is 5.01 Å². The van der Waals surface area contributed by atoms with Gasteiger partial charge in [-0.05, 0) is 19.1 Å². The smallest absolute Gasteiger partial charge is 0.103 e. The normalized spacial score (nSPS) is 16.5. The van der Waals surface area contributed by atoms with Crippen molar-refractivity contribution >= 4 is 35.7 Å². The maximum absolute atomic E-state index is 4.68. The third-order valence-electron chi connectivity index (χ3n) is 2.15. The van der Waals surface area contributed by atoms with Crippen molar-refractivity contribution < 1.29 is 0 Å². The first kappa shape index (κ1) is 9.87. The molecule has 1 heterocycles. The second kappa shape index (κ2) is 4.24. The van der Waals surface area contributed by atoms with Crippen LogP contribution in [0.4, 0.5) is 0 Å². The van der Waals surface area contributed by atoms with Crippen molar-refractivity contribution in [3.8, 4) is 0 Å². The number of rotatable bonds is 4. The average Bonchev–Trinajstić information content (AvgIpc) is 2.89. The molecule has 1 saturated carbocycles. The van der Waals surface area contributed by atoms with Gasteiger partial charge in [0.25, 0.3) is 0 Å². The Kier molecular flexibility index (Phi) is 3.22. The predicted octanol–water partition coefficient (Wildman–Crippen LogP) is 3.31. The van der Waals surface area contributed by atoms with Gasteiger partial charge in [0.15, 0.2) is 0 Å². The molecule has 0 unspecified atom stereocenters. The van der Waals surface area contributed by atoms with Crippen LogP contribution in [0.2, 0.25) is 0 Å². The molecule has 1 fully saturated rings. The van der Waals surface area contributed by atoms with Crippen LogP contribution in [0.3, 0.4) is 0 Å². The van der Waals surface area contributed by atoms with Gasteiger partial charge in [-0.15, -0.1) is 11.3 Å². The highest BCUT2D eigenvalue weighted by molar-refractivity contribution is 7.97. The van der Waals surface area contributed by atoms with Gasteiger partial charge in [0.05, 0.1) is 5.69 Å². The molecule has 1 aromatic heterocycles. The fourth-order valence-electron chi connectivity index (χ4n) is 1.39. The third-order valence-corrected chi connectivity index (χ3v) is 4.49. The number of nitrogens with zero attached hydrogens (tertiary/aromatic N) is 1. The Labute approximate surface area is 92.8 Å². The van der Waals surface area contributed by atoms with E-state index in [1.54, 1.807) is 0 Å². The van der Waals surface area contributed by atoms with Gasteiger partial charge in [-0.3, -0.25) is 0 Å². The molecule has 0 saturated heterocycles. The summed E-state index contributed by atoms with van der Waals surface area (Å²) in [5.41, 5.74) is 1.35. The summed E-state index contributed by atoms with van der Waals surface area (Å²) in [6.07, 6.45) is 4.80. The van der Waals surface area contributed by atoms with Crippen LogP contribution in [0.1, 0.15) is 34.3 Å². The lowest BCUT2D eigenvalue weighted by atomic mass is 10.3. The molecular weight excluding hydrogens is 218 g/mol. The third kappa shape index (κ3) is 2.22. The van der Waals surface area contributed by atoms with E-state index < -0.39 is 0 Å². The van der Waals surface area contributed by atoms with Crippen molar-refractivity contribution in [2.45, 2.75) is 30.3 Å². The monoisotopic (exact) mass is 231 g/mol. The van der Waals surface area contributed by atoms with Gasteiger partial charge < -0.3 is 0 Å². The summed E-state index contributed by atoms with van der Waals surface area (Å²) in [7, 11) is 0. The highest BCUT2D eigenvalue weighted by atomic mass is 32.2. The molecule has 0 amide bonds. The molecule has 13 heavy (non-hydrogen) atoms. The van der Waals surface area contributed by atoms with E-state index in [-0.39, 0.29) is 0 Å². The Hall–Kier alpha value is 0.330. The van der Waals surface area contributed by atoms with E-state index >= 15 is 0 Å². The van der Waals surface area contributed by atoms with E-state index in [1.165, 1.54) is 28.4 Å². The molecule has 72 valence electrons. The molecule has 2 rings (SSSR count). The Morgan fingerprint density at radius 3 is 2.92 bits per heavy atom. The molecule has 0 aromatic carbocycles. The number of thiol groups is 1. The summed E-state index contributed by atoms with van der Waals surface area (Å²) in [5.74, 6) is 2.68. The van der Waals surface area contributed by atoms with Crippen LogP contribution in [-0.4, -0.2) is 11.2 Å². The van der Waals surface area contributed by atoms with Crippen molar-refractivity contribution in [2.24, 2.45) is 0 Å². The summed E-state index contributed by atoms with van der Waals surface area (Å²) in [6, 6.07) is 0. The van der Waals surface area contributed by atoms with E-state index in [1.807, 2.05) is 23.1 Å². The first-order chi connectivity index (χ1) is 6.35. The van der Waals surface area contributed by atoms with Gasteiger partial charge in [-0.2, -0.15) is 24.4 Å². The van der Waals surface area contributed by atoms with Gasteiger partial charge in [-0.25, -0.2) is 4.98 Å². The van der Waals surface area contributed by atoms with Crippen LogP contribution in [-0.2, 0) is 11.5 Å². The van der Waals surface area contributed by atoms with Crippen molar-refractivity contribution in [1.29, 1.82) is 0 Å². The Bertz CT molecular complexity index is 291. The van der Waals surface area contributed by atoms with Crippen LogP contribution in [0.5, 0.6) is 0 Å². The maximum Gasteiger partial charge on any atom is 0.103 e. The van der Waals surface area contributed by atoms with Gasteiger partial charge >= 0.3 is 0 Å². The zero-order valence-electron chi connectivity index (χ0n) is 7.62. The van der Waals surface area contributed by atoms with Crippen LogP contribution >= 0.6 is 35.7 Å². The van der Waals surface area contributed by atoms with E-state index in [0.29, 0.717) is 0 Å². The molecule has 0 spiro atoms. The molecule has 1 nitrogen and oxygen atoms in total. The van der Waals surface area contributed by atoms with Gasteiger partial charge in [-0.1, -0.05) is 0 Å².